The van der Waals surface area contributed by atoms with Crippen LogP contribution in [-0.2, 0) is 10.1 Å². The molecule has 2 aliphatic rings. The zero-order chi connectivity index (χ0) is 24.4. The molecule has 4 heteroatoms. The second-order valence-electron chi connectivity index (χ2n) is 10.6. The van der Waals surface area contributed by atoms with Crippen molar-refractivity contribution in [3.8, 4) is 22.6 Å². The number of aliphatic hydroxyl groups is 1. The van der Waals surface area contributed by atoms with Crippen LogP contribution in [0.4, 0.5) is 0 Å². The largest absolute Gasteiger partial charge is 0.457 e. The van der Waals surface area contributed by atoms with Gasteiger partial charge in [-0.3, -0.25) is 0 Å². The quantitative estimate of drug-likeness (QED) is 0.343. The van der Waals surface area contributed by atoms with Crippen molar-refractivity contribution in [2.45, 2.75) is 44.3 Å². The Morgan fingerprint density at radius 2 is 1.23 bits per heavy atom. The molecule has 0 aromatic heterocycles. The third-order valence-corrected chi connectivity index (χ3v) is 8.02. The SMILES string of the molecule is CC(C)(O)C(C)(C)OBc1cccc2c1Oc1ccccc1C21c2ccccc2-c2ccccc21. The van der Waals surface area contributed by atoms with Crippen molar-refractivity contribution >= 4 is 12.9 Å². The van der Waals surface area contributed by atoms with Gasteiger partial charge in [-0.25, -0.2) is 0 Å². The van der Waals surface area contributed by atoms with Gasteiger partial charge in [0.1, 0.15) is 11.5 Å². The molecule has 0 saturated carbocycles. The molecule has 1 aliphatic carbocycles. The molecular formula is C31H29BO3. The van der Waals surface area contributed by atoms with Gasteiger partial charge >= 0.3 is 7.48 Å². The summed E-state index contributed by atoms with van der Waals surface area (Å²) in [5.41, 5.74) is 6.12. The first-order chi connectivity index (χ1) is 16.7. The zero-order valence-corrected chi connectivity index (χ0v) is 20.6. The van der Waals surface area contributed by atoms with E-state index in [0.717, 1.165) is 28.1 Å². The van der Waals surface area contributed by atoms with E-state index in [2.05, 4.69) is 84.9 Å². The van der Waals surface area contributed by atoms with E-state index in [-0.39, 0.29) is 0 Å². The predicted molar refractivity (Wildman–Crippen MR) is 142 cm³/mol. The molecule has 174 valence electrons. The fourth-order valence-electron chi connectivity index (χ4n) is 5.48. The van der Waals surface area contributed by atoms with E-state index in [1.807, 2.05) is 19.9 Å². The maximum atomic E-state index is 10.6. The molecule has 0 bridgehead atoms. The highest BCUT2D eigenvalue weighted by Crippen LogP contribution is 2.61. The summed E-state index contributed by atoms with van der Waals surface area (Å²) in [5.74, 6) is 1.70. The average Bonchev–Trinajstić information content (AvgIpc) is 3.14. The van der Waals surface area contributed by atoms with Crippen LogP contribution in [0.1, 0.15) is 49.9 Å². The van der Waals surface area contributed by atoms with E-state index >= 15 is 0 Å². The summed E-state index contributed by atoms with van der Waals surface area (Å²) in [6, 6.07) is 32.2. The standard InChI is InChI=1S/C31H29BO3/c1-29(2,33)30(3,4)35-32-26-18-11-17-25-28(26)34-27-19-10-9-16-24(27)31(25)22-14-7-5-12-20(22)21-13-6-8-15-23(21)31/h5-19,32-33H,1-4H3. The van der Waals surface area contributed by atoms with Gasteiger partial charge in [0.05, 0.1) is 16.6 Å². The van der Waals surface area contributed by atoms with Crippen molar-refractivity contribution in [2.24, 2.45) is 0 Å². The van der Waals surface area contributed by atoms with Crippen LogP contribution in [0.15, 0.2) is 91.0 Å². The molecule has 4 aromatic carbocycles. The second kappa shape index (κ2) is 7.58. The number of hydrogen-bond donors (Lipinski definition) is 1. The van der Waals surface area contributed by atoms with Crippen LogP contribution in [0.25, 0.3) is 11.1 Å². The molecule has 1 N–H and O–H groups in total. The number of rotatable bonds is 4. The van der Waals surface area contributed by atoms with Crippen molar-refractivity contribution < 1.29 is 14.5 Å². The smallest absolute Gasteiger partial charge is 0.313 e. The van der Waals surface area contributed by atoms with E-state index in [4.69, 9.17) is 9.39 Å². The maximum Gasteiger partial charge on any atom is 0.313 e. The summed E-state index contributed by atoms with van der Waals surface area (Å²) in [7, 11) is 0.335. The molecule has 35 heavy (non-hydrogen) atoms. The van der Waals surface area contributed by atoms with Gasteiger partial charge in [-0.2, -0.15) is 0 Å². The molecule has 0 saturated heterocycles. The van der Waals surface area contributed by atoms with E-state index < -0.39 is 16.6 Å². The monoisotopic (exact) mass is 460 g/mol. The number of fused-ring (bicyclic) bond motifs is 9. The van der Waals surface area contributed by atoms with Crippen LogP contribution in [0.5, 0.6) is 11.5 Å². The first kappa shape index (κ1) is 22.1. The molecule has 0 atom stereocenters. The van der Waals surface area contributed by atoms with Gasteiger partial charge in [0.2, 0.25) is 0 Å². The molecular weight excluding hydrogens is 431 g/mol. The Balaban J connectivity index is 1.61. The van der Waals surface area contributed by atoms with Crippen molar-refractivity contribution in [3.63, 3.8) is 0 Å². The topological polar surface area (TPSA) is 38.7 Å². The van der Waals surface area contributed by atoms with E-state index in [1.54, 1.807) is 13.8 Å². The van der Waals surface area contributed by atoms with Crippen LogP contribution >= 0.6 is 0 Å². The molecule has 6 rings (SSSR count). The van der Waals surface area contributed by atoms with Crippen LogP contribution in [0, 0.1) is 0 Å². The lowest BCUT2D eigenvalue weighted by Gasteiger charge is -2.41. The van der Waals surface area contributed by atoms with Crippen molar-refractivity contribution in [2.75, 3.05) is 0 Å². The lowest BCUT2D eigenvalue weighted by molar-refractivity contribution is -0.0893. The summed E-state index contributed by atoms with van der Waals surface area (Å²) in [6.07, 6.45) is 0. The molecule has 0 radical (unpaired) electrons. The van der Waals surface area contributed by atoms with Gasteiger partial charge in [0.25, 0.3) is 0 Å². The van der Waals surface area contributed by atoms with Crippen LogP contribution in [0.2, 0.25) is 0 Å². The lowest BCUT2D eigenvalue weighted by atomic mass is 9.64. The number of hydrogen-bond acceptors (Lipinski definition) is 3. The van der Waals surface area contributed by atoms with E-state index in [0.29, 0.717) is 7.48 Å². The maximum absolute atomic E-state index is 10.6. The van der Waals surface area contributed by atoms with Crippen LogP contribution in [-0.4, -0.2) is 23.8 Å². The minimum Gasteiger partial charge on any atom is -0.457 e. The fraction of sp³-hybridized carbons (Fsp3) is 0.226. The molecule has 0 amide bonds. The van der Waals surface area contributed by atoms with Gasteiger partial charge in [-0.05, 0) is 61.5 Å². The van der Waals surface area contributed by atoms with Gasteiger partial charge in [-0.1, -0.05) is 84.9 Å². The molecule has 1 aliphatic heterocycles. The fourth-order valence-corrected chi connectivity index (χ4v) is 5.48. The van der Waals surface area contributed by atoms with Crippen molar-refractivity contribution in [1.29, 1.82) is 0 Å². The van der Waals surface area contributed by atoms with Crippen molar-refractivity contribution in [3.05, 3.63) is 113 Å². The molecule has 0 unspecified atom stereocenters. The summed E-state index contributed by atoms with van der Waals surface area (Å²) < 4.78 is 12.9. The number of benzene rings is 4. The highest BCUT2D eigenvalue weighted by molar-refractivity contribution is 6.48. The lowest BCUT2D eigenvalue weighted by Crippen LogP contribution is -2.49. The van der Waals surface area contributed by atoms with Gasteiger partial charge in [-0.15, -0.1) is 0 Å². The minimum absolute atomic E-state index is 0.335. The second-order valence-corrected chi connectivity index (χ2v) is 10.6. The highest BCUT2D eigenvalue weighted by Gasteiger charge is 2.51. The molecule has 1 heterocycles. The van der Waals surface area contributed by atoms with Gasteiger partial charge < -0.3 is 14.5 Å². The Bertz CT molecular complexity index is 1400. The first-order valence-electron chi connectivity index (χ1n) is 12.2. The van der Waals surface area contributed by atoms with Crippen molar-refractivity contribution in [1.82, 2.24) is 0 Å². The van der Waals surface area contributed by atoms with Crippen LogP contribution < -0.4 is 10.2 Å². The highest BCUT2D eigenvalue weighted by atomic mass is 16.5. The molecule has 3 nitrogen and oxygen atoms in total. The Morgan fingerprint density at radius 3 is 1.86 bits per heavy atom. The van der Waals surface area contributed by atoms with E-state index in [1.165, 1.54) is 22.3 Å². The summed E-state index contributed by atoms with van der Waals surface area (Å²) in [5, 5.41) is 10.6. The summed E-state index contributed by atoms with van der Waals surface area (Å²) >= 11 is 0. The van der Waals surface area contributed by atoms with E-state index in [9.17, 15) is 5.11 Å². The number of ether oxygens (including phenoxy) is 1. The molecule has 0 fully saturated rings. The third-order valence-electron chi connectivity index (χ3n) is 8.02. The molecule has 4 aromatic rings. The minimum atomic E-state index is -0.986. The zero-order valence-electron chi connectivity index (χ0n) is 20.6. The summed E-state index contributed by atoms with van der Waals surface area (Å²) in [6.45, 7) is 7.40. The van der Waals surface area contributed by atoms with Crippen LogP contribution in [0.3, 0.4) is 0 Å². The Morgan fingerprint density at radius 1 is 0.686 bits per heavy atom. The molecule has 1 spiro atoms. The number of para-hydroxylation sites is 2. The Labute approximate surface area is 207 Å². The predicted octanol–water partition coefficient (Wildman–Crippen LogP) is 5.70. The summed E-state index contributed by atoms with van der Waals surface area (Å²) in [4.78, 5) is 0. The Kier molecular flexibility index (Phi) is 4.80. The Hall–Kier alpha value is -3.34. The third kappa shape index (κ3) is 3.07. The average molecular weight is 460 g/mol. The van der Waals surface area contributed by atoms with Gasteiger partial charge in [0.15, 0.2) is 0 Å². The van der Waals surface area contributed by atoms with Gasteiger partial charge in [0, 0.05) is 11.1 Å². The normalized spacial score (nSPS) is 15.0. The first-order valence-corrected chi connectivity index (χ1v) is 12.2.